The molecule has 6 atom stereocenters. The molecule has 0 heterocycles. The molecule has 0 saturated heterocycles. The van der Waals surface area contributed by atoms with Crippen LogP contribution in [0.25, 0.3) is 0 Å². The van der Waals surface area contributed by atoms with E-state index >= 15 is 0 Å². The summed E-state index contributed by atoms with van der Waals surface area (Å²) < 4.78 is 0. The highest BCUT2D eigenvalue weighted by Crippen LogP contribution is 2.66. The molecule has 4 aliphatic rings. The van der Waals surface area contributed by atoms with E-state index in [9.17, 15) is 5.11 Å². The number of aliphatic hydroxyl groups excluding tert-OH is 1. The summed E-state index contributed by atoms with van der Waals surface area (Å²) in [4.78, 5) is 0. The van der Waals surface area contributed by atoms with Gasteiger partial charge >= 0.3 is 0 Å². The van der Waals surface area contributed by atoms with E-state index in [1.54, 1.807) is 11.1 Å². The SMILES string of the molecule is CC=C1CC[C@H]2[C@@H]3CCC4=C[C@H](O)CC[C@]4(C)[C@H]3CC[C@]12C. The van der Waals surface area contributed by atoms with Gasteiger partial charge in [0.25, 0.3) is 0 Å². The van der Waals surface area contributed by atoms with Gasteiger partial charge in [-0.2, -0.15) is 0 Å². The Bertz CT molecular complexity index is 530. The fourth-order valence-corrected chi connectivity index (χ4v) is 7.03. The molecule has 3 fully saturated rings. The third kappa shape index (κ3) is 1.87. The summed E-state index contributed by atoms with van der Waals surface area (Å²) in [7, 11) is 0. The number of aliphatic hydroxyl groups is 1. The summed E-state index contributed by atoms with van der Waals surface area (Å²) in [6, 6.07) is 0. The highest BCUT2D eigenvalue weighted by atomic mass is 16.3. The number of rotatable bonds is 0. The molecule has 122 valence electrons. The lowest BCUT2D eigenvalue weighted by Crippen LogP contribution is -2.49. The van der Waals surface area contributed by atoms with Gasteiger partial charge in [0.15, 0.2) is 0 Å². The Labute approximate surface area is 135 Å². The van der Waals surface area contributed by atoms with Crippen molar-refractivity contribution in [3.05, 3.63) is 23.3 Å². The van der Waals surface area contributed by atoms with Crippen LogP contribution in [0.4, 0.5) is 0 Å². The van der Waals surface area contributed by atoms with E-state index in [-0.39, 0.29) is 6.10 Å². The molecule has 0 amide bonds. The van der Waals surface area contributed by atoms with Crippen molar-refractivity contribution in [1.82, 2.24) is 0 Å². The molecule has 0 spiro atoms. The molecular formula is C21H32O. The molecule has 1 nitrogen and oxygen atoms in total. The van der Waals surface area contributed by atoms with Gasteiger partial charge in [0.05, 0.1) is 6.10 Å². The molecule has 0 unspecified atom stereocenters. The van der Waals surface area contributed by atoms with Gasteiger partial charge in [0.2, 0.25) is 0 Å². The third-order valence-electron chi connectivity index (χ3n) is 8.29. The van der Waals surface area contributed by atoms with Crippen LogP contribution in [0.5, 0.6) is 0 Å². The lowest BCUT2D eigenvalue weighted by molar-refractivity contribution is -0.0314. The molecule has 0 radical (unpaired) electrons. The first-order valence-electron chi connectivity index (χ1n) is 9.54. The van der Waals surface area contributed by atoms with Gasteiger partial charge in [0.1, 0.15) is 0 Å². The minimum Gasteiger partial charge on any atom is -0.389 e. The van der Waals surface area contributed by atoms with Crippen LogP contribution >= 0.6 is 0 Å². The van der Waals surface area contributed by atoms with Gasteiger partial charge < -0.3 is 5.11 Å². The fourth-order valence-electron chi connectivity index (χ4n) is 7.03. The summed E-state index contributed by atoms with van der Waals surface area (Å²) in [5, 5.41) is 10.0. The Kier molecular flexibility index (Phi) is 3.39. The van der Waals surface area contributed by atoms with Gasteiger partial charge in [-0.15, -0.1) is 0 Å². The number of allylic oxidation sites excluding steroid dienone is 3. The molecule has 1 heteroatoms. The average Bonchev–Trinajstić information content (AvgIpc) is 2.84. The monoisotopic (exact) mass is 300 g/mol. The molecule has 1 N–H and O–H groups in total. The van der Waals surface area contributed by atoms with E-state index in [0.29, 0.717) is 10.8 Å². The predicted octanol–water partition coefficient (Wildman–Crippen LogP) is 5.26. The van der Waals surface area contributed by atoms with E-state index in [4.69, 9.17) is 0 Å². The van der Waals surface area contributed by atoms with E-state index in [2.05, 4.69) is 32.9 Å². The highest BCUT2D eigenvalue weighted by Gasteiger charge is 2.57. The van der Waals surface area contributed by atoms with Crippen molar-refractivity contribution in [2.75, 3.05) is 0 Å². The van der Waals surface area contributed by atoms with Crippen molar-refractivity contribution in [3.63, 3.8) is 0 Å². The number of fused-ring (bicyclic) bond motifs is 5. The van der Waals surface area contributed by atoms with Crippen LogP contribution in [-0.4, -0.2) is 11.2 Å². The van der Waals surface area contributed by atoms with E-state index in [0.717, 1.165) is 24.2 Å². The minimum absolute atomic E-state index is 0.172. The molecule has 4 rings (SSSR count). The summed E-state index contributed by atoms with van der Waals surface area (Å²) in [6.45, 7) is 7.34. The Morgan fingerprint density at radius 3 is 2.50 bits per heavy atom. The van der Waals surface area contributed by atoms with Crippen molar-refractivity contribution in [3.8, 4) is 0 Å². The first kappa shape index (κ1) is 15.0. The van der Waals surface area contributed by atoms with Gasteiger partial charge in [0, 0.05) is 0 Å². The van der Waals surface area contributed by atoms with Crippen LogP contribution in [0.1, 0.15) is 72.1 Å². The maximum atomic E-state index is 10.0. The molecule has 0 aromatic heterocycles. The average molecular weight is 300 g/mol. The van der Waals surface area contributed by atoms with Crippen LogP contribution in [0.15, 0.2) is 23.3 Å². The first-order chi connectivity index (χ1) is 10.5. The lowest BCUT2D eigenvalue weighted by atomic mass is 9.47. The van der Waals surface area contributed by atoms with Crippen LogP contribution in [0.3, 0.4) is 0 Å². The molecule has 0 aliphatic heterocycles. The first-order valence-corrected chi connectivity index (χ1v) is 9.54. The van der Waals surface area contributed by atoms with E-state index in [1.165, 1.54) is 44.9 Å². The molecule has 0 aromatic rings. The highest BCUT2D eigenvalue weighted by molar-refractivity contribution is 5.28. The molecule has 4 aliphatic carbocycles. The quantitative estimate of drug-likeness (QED) is 0.605. The fraction of sp³-hybridized carbons (Fsp3) is 0.810. The largest absolute Gasteiger partial charge is 0.389 e. The van der Waals surface area contributed by atoms with Crippen molar-refractivity contribution < 1.29 is 5.11 Å². The minimum atomic E-state index is -0.172. The van der Waals surface area contributed by atoms with E-state index in [1.807, 2.05) is 0 Å². The summed E-state index contributed by atoms with van der Waals surface area (Å²) in [5.41, 5.74) is 4.24. The van der Waals surface area contributed by atoms with Crippen LogP contribution in [0.2, 0.25) is 0 Å². The normalized spacial score (nSPS) is 52.7. The van der Waals surface area contributed by atoms with E-state index < -0.39 is 0 Å². The van der Waals surface area contributed by atoms with Crippen LogP contribution in [0, 0.1) is 28.6 Å². The summed E-state index contributed by atoms with van der Waals surface area (Å²) in [5.74, 6) is 2.71. The molecular weight excluding hydrogens is 268 g/mol. The van der Waals surface area contributed by atoms with Crippen LogP contribution < -0.4 is 0 Å². The Morgan fingerprint density at radius 1 is 1.00 bits per heavy atom. The topological polar surface area (TPSA) is 20.2 Å². The van der Waals surface area contributed by atoms with Crippen molar-refractivity contribution >= 4 is 0 Å². The maximum Gasteiger partial charge on any atom is 0.0724 e. The summed E-state index contributed by atoms with van der Waals surface area (Å²) in [6.07, 6.45) is 14.8. The number of hydrogen-bond donors (Lipinski definition) is 1. The van der Waals surface area contributed by atoms with Crippen molar-refractivity contribution in [1.29, 1.82) is 0 Å². The Morgan fingerprint density at radius 2 is 1.73 bits per heavy atom. The Hall–Kier alpha value is -0.560. The second kappa shape index (κ2) is 4.97. The van der Waals surface area contributed by atoms with Crippen molar-refractivity contribution in [2.45, 2.75) is 78.2 Å². The predicted molar refractivity (Wildman–Crippen MR) is 91.5 cm³/mol. The Balaban J connectivity index is 1.68. The molecule has 0 aromatic carbocycles. The third-order valence-corrected chi connectivity index (χ3v) is 8.29. The van der Waals surface area contributed by atoms with Gasteiger partial charge in [-0.3, -0.25) is 0 Å². The number of hydrogen-bond acceptors (Lipinski definition) is 1. The van der Waals surface area contributed by atoms with Gasteiger partial charge in [-0.1, -0.05) is 37.1 Å². The second-order valence-electron chi connectivity index (χ2n) is 8.94. The van der Waals surface area contributed by atoms with Crippen LogP contribution in [-0.2, 0) is 0 Å². The zero-order valence-corrected chi connectivity index (χ0v) is 14.6. The molecule has 3 saturated carbocycles. The van der Waals surface area contributed by atoms with Gasteiger partial charge in [-0.25, -0.2) is 0 Å². The smallest absolute Gasteiger partial charge is 0.0724 e. The zero-order chi connectivity index (χ0) is 15.5. The zero-order valence-electron chi connectivity index (χ0n) is 14.6. The van der Waals surface area contributed by atoms with Gasteiger partial charge in [-0.05, 0) is 86.9 Å². The van der Waals surface area contributed by atoms with Crippen molar-refractivity contribution in [2.24, 2.45) is 28.6 Å². The molecule has 0 bridgehead atoms. The summed E-state index contributed by atoms with van der Waals surface area (Å²) >= 11 is 0. The molecule has 22 heavy (non-hydrogen) atoms. The second-order valence-corrected chi connectivity index (χ2v) is 8.94. The standard InChI is InChI=1S/C21H32O/c1-4-14-6-8-18-17-7-5-15-13-16(22)9-11-21(15,3)19(17)10-12-20(14,18)2/h4,13,16-19,22H,5-12H2,1-3H3/t16-,17+,18+,19+,20-,21+/m1/s1. The lowest BCUT2D eigenvalue weighted by Gasteiger charge is -2.58. The maximum absolute atomic E-state index is 10.0.